The Labute approximate surface area is 86.5 Å². The van der Waals surface area contributed by atoms with Crippen molar-refractivity contribution in [2.75, 3.05) is 26.2 Å². The minimum absolute atomic E-state index is 0.413. The average Bonchev–Trinajstić information content (AvgIpc) is 2.52. The van der Waals surface area contributed by atoms with Gasteiger partial charge in [-0.05, 0) is 52.2 Å². The van der Waals surface area contributed by atoms with Crippen molar-refractivity contribution >= 4 is 0 Å². The maximum atomic E-state index is 10.4. The molecule has 2 fully saturated rings. The second-order valence-corrected chi connectivity index (χ2v) is 4.94. The largest absolute Gasteiger partial charge is 0.388 e. The van der Waals surface area contributed by atoms with Crippen LogP contribution < -0.4 is 5.32 Å². The van der Waals surface area contributed by atoms with E-state index < -0.39 is 5.60 Å². The SMILES string of the molecule is CC1CCCN1CC1(O)CCNCC1. The lowest BCUT2D eigenvalue weighted by atomic mass is 9.92. The minimum atomic E-state index is -0.413. The maximum Gasteiger partial charge on any atom is 0.0798 e. The Kier molecular flexibility index (Phi) is 3.10. The standard InChI is InChI=1S/C11H22N2O/c1-10-3-2-8-13(10)9-11(14)4-6-12-7-5-11/h10,12,14H,2-9H2,1H3. The molecule has 2 aliphatic heterocycles. The van der Waals surface area contributed by atoms with Crippen molar-refractivity contribution in [3.8, 4) is 0 Å². The fourth-order valence-corrected chi connectivity index (χ4v) is 2.66. The van der Waals surface area contributed by atoms with E-state index in [0.29, 0.717) is 6.04 Å². The highest BCUT2D eigenvalue weighted by molar-refractivity contribution is 4.90. The van der Waals surface area contributed by atoms with E-state index in [4.69, 9.17) is 0 Å². The molecule has 0 amide bonds. The molecule has 2 heterocycles. The summed E-state index contributed by atoms with van der Waals surface area (Å²) in [5.74, 6) is 0. The van der Waals surface area contributed by atoms with E-state index in [-0.39, 0.29) is 0 Å². The average molecular weight is 198 g/mol. The second-order valence-electron chi connectivity index (χ2n) is 4.94. The molecule has 0 aromatic rings. The van der Waals surface area contributed by atoms with Gasteiger partial charge in [0.2, 0.25) is 0 Å². The Morgan fingerprint density at radius 2 is 2.14 bits per heavy atom. The maximum absolute atomic E-state index is 10.4. The third-order valence-electron chi connectivity index (χ3n) is 3.72. The number of β-amino-alcohol motifs (C(OH)–C–C–N with tert-alkyl or cyclic N) is 1. The molecule has 0 radical (unpaired) electrons. The van der Waals surface area contributed by atoms with Crippen LogP contribution in [0.2, 0.25) is 0 Å². The van der Waals surface area contributed by atoms with Gasteiger partial charge in [0.25, 0.3) is 0 Å². The highest BCUT2D eigenvalue weighted by Crippen LogP contribution is 2.24. The topological polar surface area (TPSA) is 35.5 Å². The smallest absolute Gasteiger partial charge is 0.0798 e. The number of likely N-dealkylation sites (tertiary alicyclic amines) is 1. The summed E-state index contributed by atoms with van der Waals surface area (Å²) in [6, 6.07) is 0.675. The van der Waals surface area contributed by atoms with Crippen LogP contribution >= 0.6 is 0 Å². The number of rotatable bonds is 2. The summed E-state index contributed by atoms with van der Waals surface area (Å²) < 4.78 is 0. The van der Waals surface area contributed by atoms with Crippen LogP contribution in [0.5, 0.6) is 0 Å². The van der Waals surface area contributed by atoms with E-state index in [1.165, 1.54) is 19.4 Å². The predicted molar refractivity (Wildman–Crippen MR) is 57.3 cm³/mol. The molecule has 0 bridgehead atoms. The lowest BCUT2D eigenvalue weighted by Crippen LogP contribution is -2.50. The van der Waals surface area contributed by atoms with Crippen LogP contribution in [0.3, 0.4) is 0 Å². The van der Waals surface area contributed by atoms with Gasteiger partial charge in [-0.25, -0.2) is 0 Å². The van der Waals surface area contributed by atoms with Crippen molar-refractivity contribution in [2.45, 2.75) is 44.2 Å². The zero-order valence-electron chi connectivity index (χ0n) is 9.13. The molecule has 0 spiro atoms. The first-order valence-electron chi connectivity index (χ1n) is 5.87. The summed E-state index contributed by atoms with van der Waals surface area (Å²) in [4.78, 5) is 2.45. The van der Waals surface area contributed by atoms with Gasteiger partial charge >= 0.3 is 0 Å². The van der Waals surface area contributed by atoms with Gasteiger partial charge in [0.15, 0.2) is 0 Å². The van der Waals surface area contributed by atoms with Gasteiger partial charge in [-0.2, -0.15) is 0 Å². The van der Waals surface area contributed by atoms with E-state index in [2.05, 4.69) is 17.1 Å². The van der Waals surface area contributed by atoms with Gasteiger partial charge in [-0.1, -0.05) is 0 Å². The van der Waals surface area contributed by atoms with Crippen molar-refractivity contribution in [3.05, 3.63) is 0 Å². The first kappa shape index (κ1) is 10.4. The summed E-state index contributed by atoms with van der Waals surface area (Å²) in [7, 11) is 0. The van der Waals surface area contributed by atoms with E-state index in [0.717, 1.165) is 32.5 Å². The number of nitrogens with one attached hydrogen (secondary N) is 1. The Balaban J connectivity index is 1.88. The van der Waals surface area contributed by atoms with E-state index in [1.54, 1.807) is 0 Å². The third-order valence-corrected chi connectivity index (χ3v) is 3.72. The molecule has 0 saturated carbocycles. The lowest BCUT2D eigenvalue weighted by molar-refractivity contribution is -0.0224. The molecule has 0 aromatic heterocycles. The molecule has 2 N–H and O–H groups in total. The molecule has 3 heteroatoms. The second kappa shape index (κ2) is 4.17. The number of nitrogens with zero attached hydrogens (tertiary/aromatic N) is 1. The molecule has 14 heavy (non-hydrogen) atoms. The van der Waals surface area contributed by atoms with Crippen LogP contribution in [-0.2, 0) is 0 Å². The molecule has 2 rings (SSSR count). The summed E-state index contributed by atoms with van der Waals surface area (Å²) in [6.07, 6.45) is 4.43. The minimum Gasteiger partial charge on any atom is -0.388 e. The van der Waals surface area contributed by atoms with Crippen molar-refractivity contribution in [3.63, 3.8) is 0 Å². The molecule has 0 aliphatic carbocycles. The summed E-state index contributed by atoms with van der Waals surface area (Å²) in [6.45, 7) is 6.28. The molecule has 2 aliphatic rings. The van der Waals surface area contributed by atoms with Crippen molar-refractivity contribution < 1.29 is 5.11 Å². The highest BCUT2D eigenvalue weighted by atomic mass is 16.3. The zero-order valence-corrected chi connectivity index (χ0v) is 9.13. The first-order valence-corrected chi connectivity index (χ1v) is 5.87. The fourth-order valence-electron chi connectivity index (χ4n) is 2.66. The monoisotopic (exact) mass is 198 g/mol. The molecule has 3 nitrogen and oxygen atoms in total. The fraction of sp³-hybridized carbons (Fsp3) is 1.00. The van der Waals surface area contributed by atoms with Gasteiger partial charge in [0.05, 0.1) is 5.60 Å². The van der Waals surface area contributed by atoms with Gasteiger partial charge in [-0.15, -0.1) is 0 Å². The number of piperidine rings is 1. The van der Waals surface area contributed by atoms with Crippen LogP contribution in [-0.4, -0.2) is 47.8 Å². The van der Waals surface area contributed by atoms with E-state index in [9.17, 15) is 5.11 Å². The van der Waals surface area contributed by atoms with Crippen molar-refractivity contribution in [1.29, 1.82) is 0 Å². The van der Waals surface area contributed by atoms with E-state index >= 15 is 0 Å². The third kappa shape index (κ3) is 2.27. The molecule has 0 aromatic carbocycles. The molecular formula is C11H22N2O. The predicted octanol–water partition coefficient (Wildman–Crippen LogP) is 0.585. The van der Waals surface area contributed by atoms with Crippen LogP contribution in [0.15, 0.2) is 0 Å². The quantitative estimate of drug-likeness (QED) is 0.681. The van der Waals surface area contributed by atoms with E-state index in [1.807, 2.05) is 0 Å². The molecule has 1 unspecified atom stereocenters. The summed E-state index contributed by atoms with van der Waals surface area (Å²) >= 11 is 0. The van der Waals surface area contributed by atoms with Gasteiger partial charge in [0, 0.05) is 12.6 Å². The first-order chi connectivity index (χ1) is 6.70. The van der Waals surface area contributed by atoms with Gasteiger partial charge in [-0.3, -0.25) is 4.90 Å². The molecule has 1 atom stereocenters. The van der Waals surface area contributed by atoms with Crippen LogP contribution in [0.4, 0.5) is 0 Å². The Morgan fingerprint density at radius 1 is 1.43 bits per heavy atom. The Bertz CT molecular complexity index is 190. The number of aliphatic hydroxyl groups is 1. The van der Waals surface area contributed by atoms with Gasteiger partial charge < -0.3 is 10.4 Å². The Morgan fingerprint density at radius 3 is 2.71 bits per heavy atom. The Hall–Kier alpha value is -0.120. The molecule has 82 valence electrons. The number of hydrogen-bond donors (Lipinski definition) is 2. The molecular weight excluding hydrogens is 176 g/mol. The van der Waals surface area contributed by atoms with Crippen molar-refractivity contribution in [2.24, 2.45) is 0 Å². The summed E-state index contributed by atoms with van der Waals surface area (Å²) in [5, 5.41) is 13.7. The number of hydrogen-bond acceptors (Lipinski definition) is 3. The van der Waals surface area contributed by atoms with Crippen LogP contribution in [0, 0.1) is 0 Å². The van der Waals surface area contributed by atoms with Crippen LogP contribution in [0.25, 0.3) is 0 Å². The van der Waals surface area contributed by atoms with Crippen LogP contribution in [0.1, 0.15) is 32.6 Å². The zero-order chi connectivity index (χ0) is 10.0. The van der Waals surface area contributed by atoms with Gasteiger partial charge in [0.1, 0.15) is 0 Å². The lowest BCUT2D eigenvalue weighted by Gasteiger charge is -2.37. The normalized spacial score (nSPS) is 33.4. The highest BCUT2D eigenvalue weighted by Gasteiger charge is 2.33. The van der Waals surface area contributed by atoms with Crippen molar-refractivity contribution in [1.82, 2.24) is 10.2 Å². The molecule has 2 saturated heterocycles. The summed E-state index contributed by atoms with van der Waals surface area (Å²) in [5.41, 5.74) is -0.413.